The third-order valence-electron chi connectivity index (χ3n) is 24.3. The number of carbonyl (C=O) groups excluding carboxylic acids is 17. The molecule has 0 spiro atoms. The van der Waals surface area contributed by atoms with Crippen molar-refractivity contribution in [3.05, 3.63) is 120 Å². The highest BCUT2D eigenvalue weighted by Crippen LogP contribution is 2.29. The second-order valence-electron chi connectivity index (χ2n) is 34.3. The number of fused-ring (bicyclic) bond motifs is 4. The highest BCUT2D eigenvalue weighted by atomic mass is 16.4. The van der Waals surface area contributed by atoms with Crippen LogP contribution in [0, 0.1) is 0 Å². The first-order valence-electron chi connectivity index (χ1n) is 45.0. The number of phenols is 1. The molecule has 1 unspecified atom stereocenters. The summed E-state index contributed by atoms with van der Waals surface area (Å²) in [5.74, 6) is -20.5. The van der Waals surface area contributed by atoms with Crippen LogP contribution in [0.5, 0.6) is 5.75 Å². The van der Waals surface area contributed by atoms with E-state index < -0.39 is 287 Å². The number of para-hydroxylation sites is 2. The number of aliphatic hydroxyl groups is 2. The number of hydrogen-bond donors (Lipinski definition) is 20. The summed E-state index contributed by atoms with van der Waals surface area (Å²) < 4.78 is 1.39. The molecule has 17 amide bonds. The number of primary amides is 2. The smallest absolute Gasteiger partial charge is 0.323 e. The molecule has 46 heteroatoms. The Morgan fingerprint density at radius 3 is 1.79 bits per heavy atom. The van der Waals surface area contributed by atoms with Crippen molar-refractivity contribution in [3.8, 4) is 5.75 Å². The van der Waals surface area contributed by atoms with E-state index in [-0.39, 0.29) is 56.5 Å². The van der Waals surface area contributed by atoms with Crippen LogP contribution in [-0.4, -0.2) is 333 Å². The van der Waals surface area contributed by atoms with Crippen LogP contribution in [0.25, 0.3) is 21.8 Å². The molecule has 0 bridgehead atoms. The lowest BCUT2D eigenvalue weighted by atomic mass is 10.00. The van der Waals surface area contributed by atoms with Gasteiger partial charge < -0.3 is 135 Å². The van der Waals surface area contributed by atoms with Crippen LogP contribution in [0.4, 0.5) is 0 Å². The number of phenolic OH excluding ortho intramolecular Hbond substituents is 1. The molecule has 0 radical (unpaired) electrons. The molecular weight excluding hydrogens is 1770 g/mol. The first-order valence-corrected chi connectivity index (χ1v) is 45.0. The number of carboxylic acids is 2. The second-order valence-corrected chi connectivity index (χ2v) is 34.3. The first-order chi connectivity index (χ1) is 64.7. The van der Waals surface area contributed by atoms with Crippen LogP contribution in [0.1, 0.15) is 134 Å². The summed E-state index contributed by atoms with van der Waals surface area (Å²) in [4.78, 5) is 288. The van der Waals surface area contributed by atoms with Crippen molar-refractivity contribution < 1.29 is 117 Å². The van der Waals surface area contributed by atoms with Gasteiger partial charge in [-0.3, -0.25) is 91.1 Å². The molecule has 3 aliphatic rings. The minimum atomic E-state index is -2.00. The lowest BCUT2D eigenvalue weighted by Crippen LogP contribution is -2.61. The maximum absolute atomic E-state index is 15.8. The van der Waals surface area contributed by atoms with Gasteiger partial charge in [-0.1, -0.05) is 94.5 Å². The number of aromatic hydroxyl groups is 1. The Labute approximate surface area is 781 Å². The predicted molar refractivity (Wildman–Crippen MR) is 485 cm³/mol. The van der Waals surface area contributed by atoms with Crippen molar-refractivity contribution in [1.29, 1.82) is 0 Å². The van der Waals surface area contributed by atoms with Crippen molar-refractivity contribution in [3.63, 3.8) is 0 Å². The number of aromatic amines is 2. The van der Waals surface area contributed by atoms with E-state index in [1.807, 2.05) is 6.92 Å². The topological polar surface area (TPSA) is 675 Å². The monoisotopic (exact) mass is 1890 g/mol. The van der Waals surface area contributed by atoms with Crippen LogP contribution in [0.15, 0.2) is 97.7 Å². The second kappa shape index (κ2) is 49.5. The largest absolute Gasteiger partial charge is 0.508 e. The molecule has 6 aromatic rings. The van der Waals surface area contributed by atoms with E-state index in [0.717, 1.165) is 31.5 Å². The van der Waals surface area contributed by atoms with Gasteiger partial charge in [0.25, 0.3) is 0 Å². The Kier molecular flexibility index (Phi) is 38.3. The zero-order valence-electron chi connectivity index (χ0n) is 76.6. The Balaban J connectivity index is 1.10. The molecule has 46 nitrogen and oxygen atoms in total. The number of unbranched alkanes of at least 4 members (excludes halogenated alkanes) is 3. The summed E-state index contributed by atoms with van der Waals surface area (Å²) in [5, 5.41) is 82.3. The highest BCUT2D eigenvalue weighted by molar-refractivity contribution is 6.03. The Morgan fingerprint density at radius 1 is 0.544 bits per heavy atom. The maximum Gasteiger partial charge on any atom is 0.323 e. The Bertz CT molecular complexity index is 5340. The van der Waals surface area contributed by atoms with E-state index in [9.17, 15) is 83.1 Å². The quantitative estimate of drug-likeness (QED) is 0.0227. The average molecular weight is 1900 g/mol. The maximum atomic E-state index is 15.8. The minimum absolute atomic E-state index is 0.0261. The highest BCUT2D eigenvalue weighted by Gasteiger charge is 2.47. The van der Waals surface area contributed by atoms with Crippen LogP contribution >= 0.6 is 0 Å². The number of imidazole rings is 1. The van der Waals surface area contributed by atoms with Gasteiger partial charge in [-0.05, 0) is 86.9 Å². The molecule has 0 saturated carbocycles. The fraction of sp³-hybridized carbons (Fsp3) is 0.511. The lowest BCUT2D eigenvalue weighted by Gasteiger charge is -2.36. The first kappa shape index (κ1) is 105. The zero-order valence-corrected chi connectivity index (χ0v) is 76.6. The number of likely N-dealkylation sites (N-methyl/N-ethyl adjacent to an activating group) is 3. The number of nitrogens with two attached hydrogens (primary N) is 2. The minimum Gasteiger partial charge on any atom is -0.508 e. The summed E-state index contributed by atoms with van der Waals surface area (Å²) in [6, 6.07) is -4.60. The SMILES string of the molecule is CCCCC[C@H]1C(=O)N[C@@H](C)C(=O)N[C@H](C(=O)NCC(N)=O)CNCC(=O)N[C@@H](Cc2ccc(O)cc2)C(=O)N(C)[C@@H](C)C(=O)NC(CC(=O)O)C(=O)N2CCC[C@H]2C(=O)N[C@@H](Cc2cnc[nH]2)C(=O)N[C@@H](CCC(N)=O)C(=O)N2C[C@H](O)C[C@H]2C(=O)N[C@@H](Cc2c[nH]c3ccccc23)C(=O)N[C@@H](CO)C(=O)N[C@@H](Cc2cn(CC(=O)O)c3ccccc23)C(=O)N(C)[C@@H](CCCC)C(=O)N1C. The number of nitrogens with zero attached hydrogens (tertiary/aromatic N) is 7. The Hall–Kier alpha value is -14.4. The molecule has 0 aliphatic carbocycles. The zero-order chi connectivity index (χ0) is 99.5. The number of rotatable bonds is 26. The van der Waals surface area contributed by atoms with Crippen molar-refractivity contribution in [1.82, 2.24) is 103 Å². The number of H-pyrrole nitrogens is 2. The van der Waals surface area contributed by atoms with Crippen LogP contribution in [0.3, 0.4) is 0 Å². The summed E-state index contributed by atoms with van der Waals surface area (Å²) in [6.07, 6.45) is 1.83. The van der Waals surface area contributed by atoms with Crippen LogP contribution in [0.2, 0.25) is 0 Å². The molecule has 3 aromatic heterocycles. The van der Waals surface area contributed by atoms with E-state index in [1.165, 1.54) is 81.7 Å². The molecule has 22 N–H and O–H groups in total. The van der Waals surface area contributed by atoms with Crippen molar-refractivity contribution >= 4 is 134 Å². The van der Waals surface area contributed by atoms with Gasteiger partial charge in [0.05, 0.1) is 38.5 Å². The molecule has 736 valence electrons. The molecule has 6 heterocycles. The van der Waals surface area contributed by atoms with Gasteiger partial charge in [0.2, 0.25) is 100 Å². The van der Waals surface area contributed by atoms with E-state index >= 15 is 33.6 Å². The van der Waals surface area contributed by atoms with Gasteiger partial charge in [-0.25, -0.2) is 4.98 Å². The number of aliphatic hydroxyl groups excluding tert-OH is 2. The summed E-state index contributed by atoms with van der Waals surface area (Å²) in [5.41, 5.74) is 13.3. The van der Waals surface area contributed by atoms with E-state index in [4.69, 9.17) is 11.5 Å². The van der Waals surface area contributed by atoms with E-state index in [0.29, 0.717) is 64.2 Å². The number of nitrogens with one attached hydrogen (secondary N) is 13. The summed E-state index contributed by atoms with van der Waals surface area (Å²) in [6.45, 7) is 1.50. The average Bonchev–Trinajstić information content (AvgIpc) is 1.62. The predicted octanol–water partition coefficient (Wildman–Crippen LogP) is -4.55. The van der Waals surface area contributed by atoms with E-state index in [1.54, 1.807) is 55.5 Å². The third kappa shape index (κ3) is 28.6. The van der Waals surface area contributed by atoms with Crippen LogP contribution in [-0.2, 0) is 123 Å². The summed E-state index contributed by atoms with van der Waals surface area (Å²) >= 11 is 0. The summed E-state index contributed by atoms with van der Waals surface area (Å²) in [7, 11) is 3.75. The third-order valence-corrected chi connectivity index (χ3v) is 24.3. The lowest BCUT2D eigenvalue weighted by molar-refractivity contribution is -0.149. The Morgan fingerprint density at radius 2 is 1.14 bits per heavy atom. The molecule has 15 atom stereocenters. The number of hydrogen-bond acceptors (Lipinski definition) is 24. The van der Waals surface area contributed by atoms with Gasteiger partial charge in [0.1, 0.15) is 96.9 Å². The fourth-order valence-corrected chi connectivity index (χ4v) is 16.7. The van der Waals surface area contributed by atoms with Gasteiger partial charge in [0.15, 0.2) is 0 Å². The number of carbonyl (C=O) groups is 19. The number of benzene rings is 3. The standard InChI is InChI=1S/C90H122N22O24/c1-8-10-12-23-68-83(129)98-48(3)77(123)105-65(79(125)96-41-73(92)117)40-93-42-74(118)99-62(32-50-25-27-54(114)28-26-50)86(132)107(5)49(4)78(124)103-64(37-75(119)120)89(135)111-31-17-24-69(111)84(130)102-61(35-53-39-94-47-97-53)81(127)100-59(29-30-72(91)116)88(134)112-44-55(115)36-71(112)85(131)101-60(33-51-38-95-58-20-15-13-18-56(51)58)80(126)106-66(46-113)82(128)104-63(87(133)109(7)70(21-11-9-2)90(136)108(68)6)34-52-43-110(45-76(121)122)67-22-16-14-19-57(52)67/h13-16,18-20,22,25-28,38-39,43,47-49,55,59-66,68-71,93,95,113-115H,8-12,17,21,23-24,29-37,40-42,44-46H2,1-7H3,(H2,91,116)(H2,92,117)(H,94,97)(H,96,125)(H,98,129)(H,99,118)(H,100,127)(H,101,131)(H,102,130)(H,103,124)(H,104,128)(H,105,123)(H,106,126)(H,119,120)(H,121,122)/t48-,49-,55+,59-,60-,61-,62-,63-,64?,65-,66-,68-,69-,70-,71-/m0/s1. The molecule has 3 aliphatic heterocycles. The van der Waals surface area contributed by atoms with Crippen molar-refractivity contribution in [2.45, 2.75) is 234 Å². The normalized spacial score (nSPS) is 24.6. The number of aromatic nitrogens is 4. The van der Waals surface area contributed by atoms with Gasteiger partial charge >= 0.3 is 11.9 Å². The molecule has 9 rings (SSSR count). The van der Waals surface area contributed by atoms with Gasteiger partial charge in [-0.2, -0.15) is 0 Å². The van der Waals surface area contributed by atoms with Crippen molar-refractivity contribution in [2.24, 2.45) is 11.5 Å². The van der Waals surface area contributed by atoms with Crippen molar-refractivity contribution in [2.75, 3.05) is 60.5 Å². The van der Waals surface area contributed by atoms with Gasteiger partial charge in [0, 0.05) is 125 Å². The van der Waals surface area contributed by atoms with E-state index in [2.05, 4.69) is 73.4 Å². The fourth-order valence-electron chi connectivity index (χ4n) is 16.7. The molecule has 3 saturated heterocycles. The molecule has 136 heavy (non-hydrogen) atoms. The molecule has 3 fully saturated rings. The van der Waals surface area contributed by atoms with Crippen LogP contribution < -0.4 is 70.0 Å². The number of amides is 17. The number of carboxylic acid groups (broad SMARTS) is 2. The molecular formula is C90H122N22O24. The van der Waals surface area contributed by atoms with Gasteiger partial charge in [-0.15, -0.1) is 0 Å². The number of aliphatic carboxylic acids is 2. The molecule has 3 aromatic carbocycles.